The Kier molecular flexibility index (Phi) is 5.28. The van der Waals surface area contributed by atoms with Gasteiger partial charge in [-0.15, -0.1) is 10.3 Å². The lowest BCUT2D eigenvalue weighted by Gasteiger charge is -2.22. The normalized spacial score (nSPS) is 12.3. The highest BCUT2D eigenvalue weighted by molar-refractivity contribution is 7.86. The van der Waals surface area contributed by atoms with Crippen molar-refractivity contribution in [3.8, 4) is 18.1 Å². The van der Waals surface area contributed by atoms with Crippen molar-refractivity contribution >= 4 is 26.9 Å². The predicted octanol–water partition coefficient (Wildman–Crippen LogP) is 4.18. The topological polar surface area (TPSA) is 92.2 Å². The fourth-order valence-electron chi connectivity index (χ4n) is 3.33. The Bertz CT molecular complexity index is 1420. The van der Waals surface area contributed by atoms with Gasteiger partial charge in [0.25, 0.3) is 0 Å². The van der Waals surface area contributed by atoms with Gasteiger partial charge in [-0.2, -0.15) is 8.42 Å². The number of fused-ring (bicyclic) bond motifs is 1. The first kappa shape index (κ1) is 20.3. The van der Waals surface area contributed by atoms with Gasteiger partial charge in [0.1, 0.15) is 22.0 Å². The van der Waals surface area contributed by atoms with Crippen molar-refractivity contribution in [3.63, 3.8) is 0 Å². The van der Waals surface area contributed by atoms with Crippen molar-refractivity contribution in [3.05, 3.63) is 89.7 Å². The van der Waals surface area contributed by atoms with Gasteiger partial charge in [-0.1, -0.05) is 30.2 Å². The molecule has 0 aliphatic heterocycles. The number of phenolic OH excluding ortho intramolecular Hbond substituents is 1. The number of benzene rings is 2. The largest absolute Gasteiger partial charge is 0.505 e. The van der Waals surface area contributed by atoms with Gasteiger partial charge in [0.05, 0.1) is 6.04 Å². The standard InChI is InChI=1S/C23H16FN3O3S/c1-2-15-12-17(14-18(13-15)31(24,29)30)21(27-20-7-3-4-10-25-20)19-9-8-16-6-5-11-26-22(16)23(19)28/h1,3-14,21,28H,(H,25,27). The molecule has 1 atom stereocenters. The minimum Gasteiger partial charge on any atom is -0.505 e. The molecule has 2 aromatic heterocycles. The highest BCUT2D eigenvalue weighted by Gasteiger charge is 2.23. The van der Waals surface area contributed by atoms with Gasteiger partial charge in [0, 0.05) is 28.9 Å². The minimum absolute atomic E-state index is 0.0951. The Morgan fingerprint density at radius 2 is 1.84 bits per heavy atom. The lowest BCUT2D eigenvalue weighted by atomic mass is 9.95. The lowest BCUT2D eigenvalue weighted by molar-refractivity contribution is 0.471. The third-order valence-electron chi connectivity index (χ3n) is 4.76. The first-order valence-corrected chi connectivity index (χ1v) is 10.6. The van der Waals surface area contributed by atoms with Crippen LogP contribution in [-0.4, -0.2) is 23.5 Å². The zero-order valence-corrected chi connectivity index (χ0v) is 16.8. The highest BCUT2D eigenvalue weighted by Crippen LogP contribution is 2.37. The number of aromatic nitrogens is 2. The fourth-order valence-corrected chi connectivity index (χ4v) is 3.87. The Labute approximate surface area is 178 Å². The second-order valence-corrected chi connectivity index (χ2v) is 8.09. The van der Waals surface area contributed by atoms with E-state index in [-0.39, 0.29) is 11.3 Å². The van der Waals surface area contributed by atoms with E-state index < -0.39 is 21.2 Å². The van der Waals surface area contributed by atoms with E-state index in [0.717, 1.165) is 11.5 Å². The van der Waals surface area contributed by atoms with Crippen LogP contribution in [0.1, 0.15) is 22.7 Å². The Balaban J connectivity index is 1.95. The fraction of sp³-hybridized carbons (Fsp3) is 0.0435. The molecule has 0 spiro atoms. The molecular formula is C23H16FN3O3S. The summed E-state index contributed by atoms with van der Waals surface area (Å²) in [5.74, 6) is 2.71. The van der Waals surface area contributed by atoms with E-state index >= 15 is 0 Å². The first-order valence-electron chi connectivity index (χ1n) is 9.17. The van der Waals surface area contributed by atoms with Crippen LogP contribution in [-0.2, 0) is 10.2 Å². The third kappa shape index (κ3) is 4.17. The maximum absolute atomic E-state index is 13.8. The number of halogens is 1. The molecule has 0 saturated carbocycles. The van der Waals surface area contributed by atoms with Crippen molar-refractivity contribution in [2.24, 2.45) is 0 Å². The zero-order chi connectivity index (χ0) is 22.0. The molecule has 0 saturated heterocycles. The van der Waals surface area contributed by atoms with E-state index in [4.69, 9.17) is 6.42 Å². The molecule has 8 heteroatoms. The van der Waals surface area contributed by atoms with Crippen LogP contribution in [0.3, 0.4) is 0 Å². The van der Waals surface area contributed by atoms with Crippen molar-refractivity contribution in [1.29, 1.82) is 0 Å². The van der Waals surface area contributed by atoms with E-state index in [1.165, 1.54) is 6.07 Å². The van der Waals surface area contributed by atoms with Gasteiger partial charge in [-0.05, 0) is 42.0 Å². The number of aromatic hydroxyl groups is 1. The number of nitrogens with one attached hydrogen (secondary N) is 1. The zero-order valence-electron chi connectivity index (χ0n) is 16.0. The summed E-state index contributed by atoms with van der Waals surface area (Å²) < 4.78 is 37.0. The van der Waals surface area contributed by atoms with Crippen LogP contribution in [0.5, 0.6) is 5.75 Å². The molecule has 31 heavy (non-hydrogen) atoms. The number of anilines is 1. The monoisotopic (exact) mass is 433 g/mol. The molecule has 0 aliphatic carbocycles. The van der Waals surface area contributed by atoms with Gasteiger partial charge >= 0.3 is 10.2 Å². The van der Waals surface area contributed by atoms with Gasteiger partial charge in [0.15, 0.2) is 0 Å². The predicted molar refractivity (Wildman–Crippen MR) is 116 cm³/mol. The van der Waals surface area contributed by atoms with Crippen molar-refractivity contribution in [2.45, 2.75) is 10.9 Å². The van der Waals surface area contributed by atoms with Crippen LogP contribution >= 0.6 is 0 Å². The quantitative estimate of drug-likeness (QED) is 0.362. The molecule has 0 radical (unpaired) electrons. The first-order chi connectivity index (χ1) is 14.9. The molecule has 2 N–H and O–H groups in total. The second kappa shape index (κ2) is 8.05. The summed E-state index contributed by atoms with van der Waals surface area (Å²) in [7, 11) is -5.01. The molecule has 0 fully saturated rings. The molecule has 2 heterocycles. The summed E-state index contributed by atoms with van der Waals surface area (Å²) in [6.07, 6.45) is 8.60. The number of nitrogens with zero attached hydrogens (tertiary/aromatic N) is 2. The van der Waals surface area contributed by atoms with E-state index in [1.807, 2.05) is 0 Å². The van der Waals surface area contributed by atoms with E-state index in [9.17, 15) is 17.4 Å². The summed E-state index contributed by atoms with van der Waals surface area (Å²) >= 11 is 0. The highest BCUT2D eigenvalue weighted by atomic mass is 32.3. The molecule has 154 valence electrons. The summed E-state index contributed by atoms with van der Waals surface area (Å²) in [5.41, 5.74) is 1.29. The van der Waals surface area contributed by atoms with E-state index in [1.54, 1.807) is 60.9 Å². The van der Waals surface area contributed by atoms with Crippen molar-refractivity contribution in [1.82, 2.24) is 9.97 Å². The summed E-state index contributed by atoms with van der Waals surface area (Å²) in [4.78, 5) is 7.90. The minimum atomic E-state index is -5.01. The maximum Gasteiger partial charge on any atom is 0.332 e. The third-order valence-corrected chi connectivity index (χ3v) is 5.56. The number of phenols is 1. The average molecular weight is 433 g/mol. The molecule has 6 nitrogen and oxygen atoms in total. The average Bonchev–Trinajstić information content (AvgIpc) is 2.78. The molecule has 0 bridgehead atoms. The smallest absolute Gasteiger partial charge is 0.332 e. The van der Waals surface area contributed by atoms with Crippen LogP contribution in [0.15, 0.2) is 78.0 Å². The number of rotatable bonds is 5. The second-order valence-electron chi connectivity index (χ2n) is 6.74. The Morgan fingerprint density at radius 3 is 2.55 bits per heavy atom. The molecule has 2 aromatic carbocycles. The van der Waals surface area contributed by atoms with Crippen LogP contribution in [0.25, 0.3) is 10.9 Å². The van der Waals surface area contributed by atoms with E-state index in [2.05, 4.69) is 21.2 Å². The number of terminal acetylenes is 1. The van der Waals surface area contributed by atoms with Gasteiger partial charge in [0.2, 0.25) is 0 Å². The van der Waals surface area contributed by atoms with Gasteiger partial charge in [-0.25, -0.2) is 4.98 Å². The molecule has 4 aromatic rings. The maximum atomic E-state index is 13.8. The lowest BCUT2D eigenvalue weighted by Crippen LogP contribution is -2.14. The molecular weight excluding hydrogens is 417 g/mol. The molecule has 0 aliphatic rings. The number of pyridine rings is 2. The Hall–Kier alpha value is -3.96. The number of hydrogen-bond acceptors (Lipinski definition) is 6. The van der Waals surface area contributed by atoms with Crippen molar-refractivity contribution < 1.29 is 17.4 Å². The summed E-state index contributed by atoms with van der Waals surface area (Å²) in [5, 5.41) is 14.8. The van der Waals surface area contributed by atoms with Crippen LogP contribution in [0.4, 0.5) is 9.70 Å². The molecule has 4 rings (SSSR count). The van der Waals surface area contributed by atoms with E-state index in [0.29, 0.717) is 22.5 Å². The Morgan fingerprint density at radius 1 is 1.03 bits per heavy atom. The molecule has 1 unspecified atom stereocenters. The van der Waals surface area contributed by atoms with Gasteiger partial charge in [-0.3, -0.25) is 4.98 Å². The SMILES string of the molecule is C#Cc1cc(C(Nc2ccccn2)c2ccc3cccnc3c2O)cc(S(=O)(=O)F)c1. The van der Waals surface area contributed by atoms with Crippen LogP contribution < -0.4 is 5.32 Å². The van der Waals surface area contributed by atoms with Crippen LogP contribution in [0, 0.1) is 12.3 Å². The summed E-state index contributed by atoms with van der Waals surface area (Å²) in [6, 6.07) is 15.3. The van der Waals surface area contributed by atoms with Gasteiger partial charge < -0.3 is 10.4 Å². The van der Waals surface area contributed by atoms with Crippen LogP contribution in [0.2, 0.25) is 0 Å². The van der Waals surface area contributed by atoms with Crippen molar-refractivity contribution in [2.75, 3.05) is 5.32 Å². The molecule has 0 amide bonds. The number of hydrogen-bond donors (Lipinski definition) is 2. The summed E-state index contributed by atoms with van der Waals surface area (Å²) in [6.45, 7) is 0.